The number of piperidine rings is 1. The molecule has 0 atom stereocenters. The van der Waals surface area contributed by atoms with Crippen LogP contribution in [0.5, 0.6) is 0 Å². The summed E-state index contributed by atoms with van der Waals surface area (Å²) in [5.41, 5.74) is 3.34. The van der Waals surface area contributed by atoms with E-state index in [1.807, 2.05) is 29.2 Å². The highest BCUT2D eigenvalue weighted by Crippen LogP contribution is 2.35. The van der Waals surface area contributed by atoms with E-state index in [1.165, 1.54) is 10.9 Å². The van der Waals surface area contributed by atoms with Gasteiger partial charge in [-0.15, -0.1) is 0 Å². The van der Waals surface area contributed by atoms with Gasteiger partial charge in [0.1, 0.15) is 11.7 Å². The Kier molecular flexibility index (Phi) is 6.59. The quantitative estimate of drug-likeness (QED) is 0.391. The van der Waals surface area contributed by atoms with Crippen LogP contribution in [-0.4, -0.2) is 80.2 Å². The Morgan fingerprint density at radius 1 is 1.02 bits per heavy atom. The van der Waals surface area contributed by atoms with Crippen molar-refractivity contribution in [2.75, 3.05) is 44.3 Å². The maximum Gasteiger partial charge on any atom is 0.264 e. The lowest BCUT2D eigenvalue weighted by Gasteiger charge is -2.38. The Hall–Kier alpha value is -4.02. The van der Waals surface area contributed by atoms with E-state index in [-0.39, 0.29) is 23.9 Å². The van der Waals surface area contributed by atoms with Gasteiger partial charge in [-0.05, 0) is 43.4 Å². The van der Waals surface area contributed by atoms with Gasteiger partial charge in [0.2, 0.25) is 5.91 Å². The van der Waals surface area contributed by atoms with Gasteiger partial charge in [-0.25, -0.2) is 9.67 Å². The van der Waals surface area contributed by atoms with E-state index >= 15 is 0 Å². The number of amides is 1. The third-order valence-corrected chi connectivity index (χ3v) is 8.61. The van der Waals surface area contributed by atoms with E-state index in [4.69, 9.17) is 4.74 Å². The van der Waals surface area contributed by atoms with Crippen LogP contribution in [0.25, 0.3) is 27.8 Å². The van der Waals surface area contributed by atoms with Crippen molar-refractivity contribution in [1.82, 2.24) is 24.2 Å². The first-order valence-corrected chi connectivity index (χ1v) is 14.5. The number of ether oxygens (including phenoxy) is 1. The molecule has 2 aliphatic heterocycles. The van der Waals surface area contributed by atoms with Crippen LogP contribution in [0.1, 0.15) is 25.7 Å². The van der Waals surface area contributed by atoms with Gasteiger partial charge >= 0.3 is 0 Å². The van der Waals surface area contributed by atoms with Crippen LogP contribution in [0, 0.1) is 5.92 Å². The number of benzene rings is 2. The molecule has 1 amide bonds. The molecule has 0 bridgehead atoms. The molecule has 41 heavy (non-hydrogen) atoms. The fourth-order valence-corrected chi connectivity index (χ4v) is 6.04. The number of rotatable bonds is 6. The highest BCUT2D eigenvalue weighted by atomic mass is 16.5. The van der Waals surface area contributed by atoms with E-state index in [9.17, 15) is 14.7 Å². The maximum atomic E-state index is 13.5. The molecule has 1 aliphatic carbocycles. The number of morpholine rings is 1. The molecule has 2 aromatic heterocycles. The fraction of sp³-hybridized carbons (Fsp3) is 0.419. The van der Waals surface area contributed by atoms with Crippen molar-refractivity contribution in [3.63, 3.8) is 0 Å². The number of likely N-dealkylation sites (tertiary alicyclic amines) is 1. The zero-order valence-electron chi connectivity index (χ0n) is 23.0. The summed E-state index contributed by atoms with van der Waals surface area (Å²) in [7, 11) is 0. The molecule has 2 saturated heterocycles. The Morgan fingerprint density at radius 2 is 1.78 bits per heavy atom. The van der Waals surface area contributed by atoms with Crippen molar-refractivity contribution in [3.8, 4) is 16.8 Å². The van der Waals surface area contributed by atoms with Crippen LogP contribution in [0.3, 0.4) is 0 Å². The number of fused-ring (bicyclic) bond motifs is 1. The first-order valence-electron chi connectivity index (χ1n) is 14.5. The summed E-state index contributed by atoms with van der Waals surface area (Å²) in [6.07, 6.45) is 5.88. The van der Waals surface area contributed by atoms with E-state index in [2.05, 4.69) is 39.2 Å². The average molecular weight is 555 g/mol. The van der Waals surface area contributed by atoms with Crippen LogP contribution in [0.15, 0.2) is 65.8 Å². The Morgan fingerprint density at radius 3 is 2.51 bits per heavy atom. The van der Waals surface area contributed by atoms with E-state index < -0.39 is 5.60 Å². The van der Waals surface area contributed by atoms with Crippen molar-refractivity contribution in [2.45, 2.75) is 37.8 Å². The number of aromatic nitrogens is 4. The second-order valence-electron chi connectivity index (χ2n) is 11.5. The molecule has 10 nitrogen and oxygen atoms in total. The molecule has 0 radical (unpaired) electrons. The van der Waals surface area contributed by atoms with Crippen LogP contribution in [0.2, 0.25) is 0 Å². The predicted octanol–water partition coefficient (Wildman–Crippen LogP) is 2.85. The standard InChI is InChI=1S/C31H34N6O4/c38-29(23-6-7-23)35-12-10-31(40,11-13-35)20-36-21-32-28-26(30(36)39)19-33-37(28)24-8-9-25(22-4-2-1-3-5-22)27(18-24)34-14-16-41-17-15-34/h1-5,8-9,18-19,21,23,40H,6-7,10-17,20H2. The molecule has 4 heterocycles. The molecular formula is C31H34N6O4. The van der Waals surface area contributed by atoms with Crippen molar-refractivity contribution < 1.29 is 14.6 Å². The number of anilines is 1. The molecule has 4 aromatic rings. The first kappa shape index (κ1) is 25.9. The normalized spacial score (nSPS) is 19.0. The van der Waals surface area contributed by atoms with E-state index in [1.54, 1.807) is 10.9 Å². The second kappa shape index (κ2) is 10.4. The summed E-state index contributed by atoms with van der Waals surface area (Å²) in [5.74, 6) is 0.375. The van der Waals surface area contributed by atoms with Crippen LogP contribution in [0.4, 0.5) is 5.69 Å². The average Bonchev–Trinajstić information content (AvgIpc) is 3.78. The van der Waals surface area contributed by atoms with Crippen molar-refractivity contribution in [2.24, 2.45) is 5.92 Å². The molecule has 2 aromatic carbocycles. The molecule has 3 aliphatic rings. The van der Waals surface area contributed by atoms with Gasteiger partial charge in [0.05, 0.1) is 37.2 Å². The molecule has 3 fully saturated rings. The summed E-state index contributed by atoms with van der Waals surface area (Å²) >= 11 is 0. The topological polar surface area (TPSA) is 106 Å². The van der Waals surface area contributed by atoms with Gasteiger partial charge in [-0.3, -0.25) is 14.2 Å². The van der Waals surface area contributed by atoms with Gasteiger partial charge < -0.3 is 19.6 Å². The number of carbonyl (C=O) groups excluding carboxylic acids is 1. The van der Waals surface area contributed by atoms with E-state index in [0.29, 0.717) is 50.2 Å². The third kappa shape index (κ3) is 5.02. The van der Waals surface area contributed by atoms with Crippen LogP contribution >= 0.6 is 0 Å². The minimum absolute atomic E-state index is 0.137. The second-order valence-corrected chi connectivity index (χ2v) is 11.5. The highest BCUT2D eigenvalue weighted by molar-refractivity contribution is 5.82. The Labute approximate surface area is 237 Å². The van der Waals surface area contributed by atoms with Gasteiger partial charge in [0, 0.05) is 43.3 Å². The molecule has 0 unspecified atom stereocenters. The largest absolute Gasteiger partial charge is 0.388 e. The molecule has 1 saturated carbocycles. The predicted molar refractivity (Wildman–Crippen MR) is 155 cm³/mol. The van der Waals surface area contributed by atoms with Gasteiger partial charge in [-0.1, -0.05) is 36.4 Å². The molecule has 1 N–H and O–H groups in total. The van der Waals surface area contributed by atoms with Crippen LogP contribution < -0.4 is 10.5 Å². The Bertz CT molecular complexity index is 1630. The molecule has 10 heteroatoms. The van der Waals surface area contributed by atoms with Gasteiger partial charge in [0.15, 0.2) is 5.65 Å². The number of carbonyl (C=O) groups is 1. The lowest BCUT2D eigenvalue weighted by Crippen LogP contribution is -2.50. The summed E-state index contributed by atoms with van der Waals surface area (Å²) in [5, 5.41) is 16.2. The SMILES string of the molecule is O=C(C1CC1)N1CCC(O)(Cn2cnc3c(cnn3-c3ccc(-c4ccccc4)c(N4CCOCC4)c3)c2=O)CC1. The fourth-order valence-electron chi connectivity index (χ4n) is 6.04. The zero-order chi connectivity index (χ0) is 28.0. The Balaban J connectivity index is 1.17. The zero-order valence-corrected chi connectivity index (χ0v) is 23.0. The summed E-state index contributed by atoms with van der Waals surface area (Å²) < 4.78 is 8.78. The van der Waals surface area contributed by atoms with Gasteiger partial charge in [-0.2, -0.15) is 5.10 Å². The lowest BCUT2D eigenvalue weighted by molar-refractivity contribution is -0.137. The highest BCUT2D eigenvalue weighted by Gasteiger charge is 2.39. The summed E-state index contributed by atoms with van der Waals surface area (Å²) in [6.45, 7) is 4.09. The lowest BCUT2D eigenvalue weighted by atomic mass is 9.91. The van der Waals surface area contributed by atoms with Crippen LogP contribution in [-0.2, 0) is 16.1 Å². The van der Waals surface area contributed by atoms with E-state index in [0.717, 1.165) is 48.4 Å². The minimum atomic E-state index is -1.06. The number of aliphatic hydroxyl groups is 1. The number of nitrogens with zero attached hydrogens (tertiary/aromatic N) is 6. The molecular weight excluding hydrogens is 520 g/mol. The number of hydrogen-bond donors (Lipinski definition) is 1. The third-order valence-electron chi connectivity index (χ3n) is 8.61. The molecule has 7 rings (SSSR count). The van der Waals surface area contributed by atoms with Gasteiger partial charge in [0.25, 0.3) is 5.56 Å². The van der Waals surface area contributed by atoms with Crippen molar-refractivity contribution in [3.05, 3.63) is 71.4 Å². The summed E-state index contributed by atoms with van der Waals surface area (Å²) in [4.78, 5) is 34.7. The van der Waals surface area contributed by atoms with Crippen molar-refractivity contribution in [1.29, 1.82) is 0 Å². The first-order chi connectivity index (χ1) is 20.0. The maximum absolute atomic E-state index is 13.5. The molecule has 212 valence electrons. The smallest absolute Gasteiger partial charge is 0.264 e. The number of hydrogen-bond acceptors (Lipinski definition) is 7. The monoisotopic (exact) mass is 554 g/mol. The minimum Gasteiger partial charge on any atom is -0.388 e. The molecule has 0 spiro atoms. The summed E-state index contributed by atoms with van der Waals surface area (Å²) in [6, 6.07) is 16.5. The van der Waals surface area contributed by atoms with Crippen molar-refractivity contribution >= 4 is 22.6 Å².